The van der Waals surface area contributed by atoms with Crippen LogP contribution in [0.4, 0.5) is 0 Å². The van der Waals surface area contributed by atoms with Crippen molar-refractivity contribution in [2.24, 2.45) is 5.92 Å². The van der Waals surface area contributed by atoms with Gasteiger partial charge in [-0.1, -0.05) is 0 Å². The summed E-state index contributed by atoms with van der Waals surface area (Å²) in [5.41, 5.74) is 0. The third kappa shape index (κ3) is 1.38. The first kappa shape index (κ1) is 7.10. The molecule has 2 aliphatic rings. The molecule has 1 aliphatic heterocycles. The fourth-order valence-corrected chi connectivity index (χ4v) is 1.39. The number of rotatable bonds is 3. The Morgan fingerprint density at radius 1 is 1.64 bits per heavy atom. The van der Waals surface area contributed by atoms with E-state index < -0.39 is 0 Å². The summed E-state index contributed by atoms with van der Waals surface area (Å²) in [7, 11) is 0. The molecule has 3 nitrogen and oxygen atoms in total. The van der Waals surface area contributed by atoms with Crippen LogP contribution in [0.2, 0.25) is 0 Å². The van der Waals surface area contributed by atoms with E-state index >= 15 is 0 Å². The number of ether oxygens (including phenoxy) is 1. The summed E-state index contributed by atoms with van der Waals surface area (Å²) >= 11 is 0. The van der Waals surface area contributed by atoms with Crippen molar-refractivity contribution in [2.75, 3.05) is 6.54 Å². The van der Waals surface area contributed by atoms with Crippen LogP contribution in [0.25, 0.3) is 0 Å². The second-order valence-electron chi connectivity index (χ2n) is 3.25. The molecule has 1 saturated carbocycles. The minimum absolute atomic E-state index is 0.0735. The van der Waals surface area contributed by atoms with Gasteiger partial charge in [0, 0.05) is 6.54 Å². The average molecular weight is 155 g/mol. The lowest BCUT2D eigenvalue weighted by molar-refractivity contribution is -0.122. The molecule has 0 spiro atoms. The number of hydrogen-bond donors (Lipinski definition) is 1. The van der Waals surface area contributed by atoms with E-state index in [1.165, 1.54) is 12.8 Å². The van der Waals surface area contributed by atoms with Gasteiger partial charge in [0.05, 0.1) is 6.10 Å². The number of amides is 1. The highest BCUT2D eigenvalue weighted by Crippen LogP contribution is 2.44. The number of carbonyl (C=O) groups is 1. The molecule has 1 N–H and O–H groups in total. The van der Waals surface area contributed by atoms with E-state index in [4.69, 9.17) is 4.74 Å². The molecule has 2 unspecified atom stereocenters. The molecular formula is C8H13NO2. The molecule has 11 heavy (non-hydrogen) atoms. The minimum atomic E-state index is -0.109. The second-order valence-corrected chi connectivity index (χ2v) is 3.25. The average Bonchev–Trinajstić information content (AvgIpc) is 2.83. The largest absolute Gasteiger partial charge is 0.359 e. The van der Waals surface area contributed by atoms with Gasteiger partial charge in [-0.15, -0.1) is 0 Å². The Kier molecular flexibility index (Phi) is 1.60. The van der Waals surface area contributed by atoms with Crippen LogP contribution < -0.4 is 5.32 Å². The monoisotopic (exact) mass is 155 g/mol. The molecule has 1 saturated heterocycles. The molecule has 0 aromatic carbocycles. The summed E-state index contributed by atoms with van der Waals surface area (Å²) in [6, 6.07) is 0. The van der Waals surface area contributed by atoms with E-state index in [-0.39, 0.29) is 18.1 Å². The van der Waals surface area contributed by atoms with Crippen LogP contribution in [0.3, 0.4) is 0 Å². The van der Waals surface area contributed by atoms with Gasteiger partial charge in [-0.25, -0.2) is 0 Å². The molecule has 62 valence electrons. The smallest absolute Gasteiger partial charge is 0.251 e. The van der Waals surface area contributed by atoms with Crippen molar-refractivity contribution in [3.8, 4) is 0 Å². The van der Waals surface area contributed by atoms with Crippen LogP contribution in [0.1, 0.15) is 19.8 Å². The van der Waals surface area contributed by atoms with Crippen molar-refractivity contribution in [1.82, 2.24) is 5.32 Å². The highest BCUT2D eigenvalue weighted by atomic mass is 16.6. The van der Waals surface area contributed by atoms with Crippen molar-refractivity contribution in [3.05, 3.63) is 0 Å². The normalized spacial score (nSPS) is 35.0. The van der Waals surface area contributed by atoms with Crippen molar-refractivity contribution in [1.29, 1.82) is 0 Å². The Morgan fingerprint density at radius 3 is 2.91 bits per heavy atom. The number of hydrogen-bond acceptors (Lipinski definition) is 2. The van der Waals surface area contributed by atoms with Gasteiger partial charge in [-0.05, 0) is 25.7 Å². The van der Waals surface area contributed by atoms with Gasteiger partial charge in [0.1, 0.15) is 0 Å². The quantitative estimate of drug-likeness (QED) is 0.595. The van der Waals surface area contributed by atoms with Crippen LogP contribution >= 0.6 is 0 Å². The van der Waals surface area contributed by atoms with Crippen LogP contribution in [0, 0.1) is 5.92 Å². The van der Waals surface area contributed by atoms with Gasteiger partial charge in [-0.2, -0.15) is 0 Å². The van der Waals surface area contributed by atoms with Crippen molar-refractivity contribution >= 4 is 5.91 Å². The summed E-state index contributed by atoms with van der Waals surface area (Å²) in [6.07, 6.45) is 2.66. The highest BCUT2D eigenvalue weighted by Gasteiger charge is 2.53. The minimum Gasteiger partial charge on any atom is -0.359 e. The Balaban J connectivity index is 1.76. The predicted molar refractivity (Wildman–Crippen MR) is 40.1 cm³/mol. The van der Waals surface area contributed by atoms with Gasteiger partial charge >= 0.3 is 0 Å². The Hall–Kier alpha value is -0.570. The van der Waals surface area contributed by atoms with E-state index in [0.29, 0.717) is 12.5 Å². The Morgan fingerprint density at radius 2 is 2.36 bits per heavy atom. The maximum absolute atomic E-state index is 11.1. The lowest BCUT2D eigenvalue weighted by Crippen LogP contribution is -2.28. The van der Waals surface area contributed by atoms with Gasteiger partial charge in [0.2, 0.25) is 0 Å². The van der Waals surface area contributed by atoms with Crippen molar-refractivity contribution in [2.45, 2.75) is 32.0 Å². The first-order valence-corrected chi connectivity index (χ1v) is 4.26. The van der Waals surface area contributed by atoms with Crippen LogP contribution in [0.15, 0.2) is 0 Å². The van der Waals surface area contributed by atoms with E-state index in [9.17, 15) is 4.79 Å². The lowest BCUT2D eigenvalue weighted by atomic mass is 10.2. The predicted octanol–water partition coefficient (Wildman–Crippen LogP) is 0.300. The van der Waals surface area contributed by atoms with Gasteiger partial charge in [-0.3, -0.25) is 4.79 Å². The maximum Gasteiger partial charge on any atom is 0.251 e. The third-order valence-electron chi connectivity index (χ3n) is 2.22. The maximum atomic E-state index is 11.1. The molecule has 0 aromatic heterocycles. The van der Waals surface area contributed by atoms with Crippen LogP contribution in [-0.4, -0.2) is 24.7 Å². The molecule has 1 aliphatic carbocycles. The summed E-state index contributed by atoms with van der Waals surface area (Å²) < 4.78 is 5.24. The van der Waals surface area contributed by atoms with Crippen molar-refractivity contribution in [3.63, 3.8) is 0 Å². The molecule has 1 heterocycles. The van der Waals surface area contributed by atoms with Crippen molar-refractivity contribution < 1.29 is 9.53 Å². The molecule has 3 heteroatoms. The first-order chi connectivity index (χ1) is 5.33. The number of carbonyl (C=O) groups excluding carboxylic acids is 1. The molecule has 2 atom stereocenters. The third-order valence-corrected chi connectivity index (χ3v) is 2.22. The molecular weight excluding hydrogens is 142 g/mol. The summed E-state index contributed by atoms with van der Waals surface area (Å²) in [4.78, 5) is 11.1. The van der Waals surface area contributed by atoms with E-state index in [0.717, 1.165) is 0 Å². The zero-order valence-electron chi connectivity index (χ0n) is 6.67. The molecule has 0 aromatic rings. The zero-order chi connectivity index (χ0) is 7.84. The van der Waals surface area contributed by atoms with E-state index in [1.807, 2.05) is 6.92 Å². The number of likely N-dealkylation sites (N-methyl/N-ethyl adjacent to an activating group) is 1. The fraction of sp³-hybridized carbons (Fsp3) is 0.875. The molecule has 0 radical (unpaired) electrons. The van der Waals surface area contributed by atoms with Gasteiger partial charge in [0.15, 0.2) is 6.10 Å². The molecule has 0 bridgehead atoms. The zero-order valence-corrected chi connectivity index (χ0v) is 6.67. The first-order valence-electron chi connectivity index (χ1n) is 4.26. The Labute approximate surface area is 66.1 Å². The van der Waals surface area contributed by atoms with Gasteiger partial charge < -0.3 is 10.1 Å². The SMILES string of the molecule is CCNC(=O)C1OC1C1CC1. The summed E-state index contributed by atoms with van der Waals surface area (Å²) in [5.74, 6) is 0.770. The number of epoxide rings is 1. The Bertz CT molecular complexity index is 177. The van der Waals surface area contributed by atoms with Crippen LogP contribution in [0.5, 0.6) is 0 Å². The fourth-order valence-electron chi connectivity index (χ4n) is 1.39. The van der Waals surface area contributed by atoms with Gasteiger partial charge in [0.25, 0.3) is 5.91 Å². The summed E-state index contributed by atoms with van der Waals surface area (Å²) in [6.45, 7) is 2.63. The lowest BCUT2D eigenvalue weighted by Gasteiger charge is -1.95. The van der Waals surface area contributed by atoms with E-state index in [2.05, 4.69) is 5.32 Å². The van der Waals surface area contributed by atoms with E-state index in [1.54, 1.807) is 0 Å². The summed E-state index contributed by atoms with van der Waals surface area (Å²) in [5, 5.41) is 2.76. The molecule has 2 fully saturated rings. The molecule has 2 rings (SSSR count). The highest BCUT2D eigenvalue weighted by molar-refractivity contribution is 5.83. The molecule has 1 amide bonds. The second kappa shape index (κ2) is 2.48. The van der Waals surface area contributed by atoms with Crippen LogP contribution in [-0.2, 0) is 9.53 Å². The number of nitrogens with one attached hydrogen (secondary N) is 1. The standard InChI is InChI=1S/C8H13NO2/c1-2-9-8(10)7-6(11-7)5-3-4-5/h5-7H,2-4H2,1H3,(H,9,10). The topological polar surface area (TPSA) is 41.6 Å².